The van der Waals surface area contributed by atoms with Crippen LogP contribution in [0.1, 0.15) is 6.92 Å². The molecule has 0 heterocycles. The van der Waals surface area contributed by atoms with Crippen molar-refractivity contribution in [3.8, 4) is 17.2 Å². The van der Waals surface area contributed by atoms with Crippen LogP contribution in [0.5, 0.6) is 17.2 Å². The predicted octanol–water partition coefficient (Wildman–Crippen LogP) is 4.26. The highest BCUT2D eigenvalue weighted by atomic mass is 35.7. The molecule has 0 aliphatic carbocycles. The minimum Gasteiger partial charge on any atom is -0.495 e. The van der Waals surface area contributed by atoms with Crippen LogP contribution in [0.4, 0.5) is 0 Å². The van der Waals surface area contributed by atoms with E-state index in [1.807, 2.05) is 0 Å². The Hall–Kier alpha value is -1.94. The van der Waals surface area contributed by atoms with Crippen LogP contribution in [-0.4, -0.2) is 37.7 Å². The maximum atomic E-state index is 12.1. The average Bonchev–Trinajstić information content (AvgIpc) is 2.64. The number of halogens is 2. The van der Waals surface area contributed by atoms with Gasteiger partial charge in [-0.05, 0) is 37.3 Å². The van der Waals surface area contributed by atoms with Crippen molar-refractivity contribution in [3.63, 3.8) is 0 Å². The summed E-state index contributed by atoms with van der Waals surface area (Å²) in [7, 11) is 5.75. The van der Waals surface area contributed by atoms with Gasteiger partial charge in [-0.1, -0.05) is 0 Å². The SMILES string of the molecule is CCOc1c(S(=O)(=O)Cl)ccc2c(OC)c3ccc(S(=O)(=O)Cl)cc3c(OC)c12. The zero-order chi connectivity index (χ0) is 21.6. The summed E-state index contributed by atoms with van der Waals surface area (Å²) >= 11 is 0. The van der Waals surface area contributed by atoms with Gasteiger partial charge in [0.05, 0.1) is 31.1 Å². The van der Waals surface area contributed by atoms with E-state index >= 15 is 0 Å². The third-order valence-corrected chi connectivity index (χ3v) is 7.01. The van der Waals surface area contributed by atoms with Gasteiger partial charge >= 0.3 is 0 Å². The van der Waals surface area contributed by atoms with Gasteiger partial charge in [-0.3, -0.25) is 0 Å². The summed E-state index contributed by atoms with van der Waals surface area (Å²) in [6.45, 7) is 1.84. The van der Waals surface area contributed by atoms with Crippen LogP contribution < -0.4 is 14.2 Å². The highest BCUT2D eigenvalue weighted by molar-refractivity contribution is 8.14. The van der Waals surface area contributed by atoms with Gasteiger partial charge in [-0.2, -0.15) is 0 Å². The summed E-state index contributed by atoms with van der Waals surface area (Å²) in [6, 6.07) is 7.06. The average molecular weight is 479 g/mol. The molecule has 0 N–H and O–H groups in total. The van der Waals surface area contributed by atoms with Gasteiger partial charge in [0.2, 0.25) is 0 Å². The van der Waals surface area contributed by atoms with Crippen molar-refractivity contribution in [1.29, 1.82) is 0 Å². The summed E-state index contributed by atoms with van der Waals surface area (Å²) in [5, 5.41) is 1.68. The second-order valence-electron chi connectivity index (χ2n) is 5.90. The standard InChI is InChI=1S/C18H16Cl2O7S2/c1-4-27-18-14(29(20,23)24)8-7-12-15(18)17(26-3)13-9-10(28(19,21)22)5-6-11(13)16(12)25-2/h5-9H,4H2,1-3H3. The molecule has 11 heteroatoms. The highest BCUT2D eigenvalue weighted by Crippen LogP contribution is 2.49. The van der Waals surface area contributed by atoms with Gasteiger partial charge < -0.3 is 14.2 Å². The van der Waals surface area contributed by atoms with Gasteiger partial charge in [-0.25, -0.2) is 16.8 Å². The fraction of sp³-hybridized carbons (Fsp3) is 0.222. The molecular formula is C18H16Cl2O7S2. The minimum atomic E-state index is -4.14. The van der Waals surface area contributed by atoms with Gasteiger partial charge in [0.25, 0.3) is 18.1 Å². The maximum Gasteiger partial charge on any atom is 0.265 e. The first-order valence-corrected chi connectivity index (χ1v) is 12.8. The first kappa shape index (κ1) is 21.8. The third-order valence-electron chi connectivity index (χ3n) is 4.31. The van der Waals surface area contributed by atoms with E-state index in [9.17, 15) is 16.8 Å². The summed E-state index contributed by atoms with van der Waals surface area (Å²) in [6.07, 6.45) is 0. The smallest absolute Gasteiger partial charge is 0.265 e. The molecule has 3 aromatic carbocycles. The van der Waals surface area contributed by atoms with E-state index in [4.69, 9.17) is 35.6 Å². The second-order valence-corrected chi connectivity index (χ2v) is 11.0. The summed E-state index contributed by atoms with van der Waals surface area (Å²) in [4.78, 5) is -0.389. The molecule has 0 aromatic heterocycles. The van der Waals surface area contributed by atoms with Crippen molar-refractivity contribution < 1.29 is 31.0 Å². The van der Waals surface area contributed by atoms with E-state index in [1.54, 1.807) is 6.92 Å². The van der Waals surface area contributed by atoms with Crippen molar-refractivity contribution in [2.24, 2.45) is 0 Å². The van der Waals surface area contributed by atoms with Crippen molar-refractivity contribution >= 4 is 61.0 Å². The number of hydrogen-bond acceptors (Lipinski definition) is 7. The van der Waals surface area contributed by atoms with Crippen LogP contribution in [0.15, 0.2) is 40.1 Å². The lowest BCUT2D eigenvalue weighted by Gasteiger charge is -2.19. The quantitative estimate of drug-likeness (QED) is 0.385. The molecule has 0 bridgehead atoms. The number of hydrogen-bond donors (Lipinski definition) is 0. The molecule has 29 heavy (non-hydrogen) atoms. The Morgan fingerprint density at radius 2 is 1.41 bits per heavy atom. The van der Waals surface area contributed by atoms with Gasteiger partial charge in [0.1, 0.15) is 16.4 Å². The largest absolute Gasteiger partial charge is 0.495 e. The number of methoxy groups -OCH3 is 2. The van der Waals surface area contributed by atoms with Crippen molar-refractivity contribution in [1.82, 2.24) is 0 Å². The van der Waals surface area contributed by atoms with Gasteiger partial charge in [0, 0.05) is 37.5 Å². The lowest BCUT2D eigenvalue weighted by Crippen LogP contribution is -2.03. The van der Waals surface area contributed by atoms with Crippen LogP contribution in [-0.2, 0) is 18.1 Å². The topological polar surface area (TPSA) is 96.0 Å². The molecule has 156 valence electrons. The predicted molar refractivity (Wildman–Crippen MR) is 112 cm³/mol. The monoisotopic (exact) mass is 478 g/mol. The molecule has 0 spiro atoms. The third kappa shape index (κ3) is 3.79. The Balaban J connectivity index is 2.66. The van der Waals surface area contributed by atoms with Crippen LogP contribution >= 0.6 is 21.4 Å². The number of benzene rings is 3. The second kappa shape index (κ2) is 7.71. The van der Waals surface area contributed by atoms with Crippen molar-refractivity contribution in [2.45, 2.75) is 16.7 Å². The first-order valence-electron chi connectivity index (χ1n) is 8.21. The molecule has 0 radical (unpaired) electrons. The van der Waals surface area contributed by atoms with Crippen LogP contribution in [0.3, 0.4) is 0 Å². The van der Waals surface area contributed by atoms with E-state index in [0.29, 0.717) is 21.9 Å². The van der Waals surface area contributed by atoms with Crippen LogP contribution in [0.25, 0.3) is 21.5 Å². The van der Waals surface area contributed by atoms with E-state index in [1.165, 1.54) is 44.6 Å². The Morgan fingerprint density at radius 3 is 1.93 bits per heavy atom. The zero-order valence-corrected chi connectivity index (χ0v) is 18.7. The molecule has 0 atom stereocenters. The van der Waals surface area contributed by atoms with Crippen molar-refractivity contribution in [3.05, 3.63) is 30.3 Å². The molecular weight excluding hydrogens is 463 g/mol. The Bertz CT molecular complexity index is 1330. The minimum absolute atomic E-state index is 0.0174. The Kier molecular flexibility index (Phi) is 5.79. The molecule has 0 fully saturated rings. The number of rotatable bonds is 6. The molecule has 7 nitrogen and oxygen atoms in total. The molecule has 0 saturated carbocycles. The lowest BCUT2D eigenvalue weighted by atomic mass is 9.99. The molecule has 0 unspecified atom stereocenters. The lowest BCUT2D eigenvalue weighted by molar-refractivity contribution is 0.333. The van der Waals surface area contributed by atoms with Crippen LogP contribution in [0.2, 0.25) is 0 Å². The van der Waals surface area contributed by atoms with Gasteiger partial charge in [-0.15, -0.1) is 0 Å². The molecule has 3 aromatic rings. The van der Waals surface area contributed by atoms with Gasteiger partial charge in [0.15, 0.2) is 5.75 Å². The normalized spacial score (nSPS) is 12.3. The summed E-state index contributed by atoms with van der Waals surface area (Å²) < 4.78 is 64.5. The van der Waals surface area contributed by atoms with E-state index in [0.717, 1.165) is 0 Å². The first-order chi connectivity index (χ1) is 13.5. The fourth-order valence-electron chi connectivity index (χ4n) is 3.23. The van der Waals surface area contributed by atoms with E-state index in [-0.39, 0.29) is 33.3 Å². The maximum absolute atomic E-state index is 12.1. The van der Waals surface area contributed by atoms with Crippen molar-refractivity contribution in [2.75, 3.05) is 20.8 Å². The molecule has 0 amide bonds. The van der Waals surface area contributed by atoms with Crippen LogP contribution in [0, 0.1) is 0 Å². The zero-order valence-electron chi connectivity index (χ0n) is 15.5. The van der Waals surface area contributed by atoms with E-state index in [2.05, 4.69) is 0 Å². The number of fused-ring (bicyclic) bond motifs is 2. The Labute approximate surface area is 176 Å². The van der Waals surface area contributed by atoms with E-state index < -0.39 is 18.1 Å². The summed E-state index contributed by atoms with van der Waals surface area (Å²) in [5.74, 6) is 0.563. The Morgan fingerprint density at radius 1 is 0.793 bits per heavy atom. The molecule has 0 aliphatic heterocycles. The highest BCUT2D eigenvalue weighted by Gasteiger charge is 2.26. The summed E-state index contributed by atoms with van der Waals surface area (Å²) in [5.41, 5.74) is 0. The number of ether oxygens (including phenoxy) is 3. The fourth-order valence-corrected chi connectivity index (χ4v) is 4.99. The molecule has 3 rings (SSSR count). The molecule has 0 saturated heterocycles. The molecule has 0 aliphatic rings.